The molecule has 1 fully saturated rings. The number of nitrogens with zero attached hydrogens (tertiary/aromatic N) is 1. The molecule has 0 saturated carbocycles. The maximum atomic E-state index is 3.96. The van der Waals surface area contributed by atoms with E-state index in [-0.39, 0.29) is 24.4 Å². The molecule has 3 unspecified atom stereocenters. The van der Waals surface area contributed by atoms with Gasteiger partial charge in [-0.15, -0.1) is 0 Å². The van der Waals surface area contributed by atoms with Crippen LogP contribution in [0.2, 0.25) is 0 Å². The number of rotatable bonds is 6. The molecule has 3 aliphatic rings. The van der Waals surface area contributed by atoms with E-state index in [0.29, 0.717) is 0 Å². The van der Waals surface area contributed by atoms with Crippen molar-refractivity contribution < 1.29 is 0 Å². The Balaban J connectivity index is 1.06. The fourth-order valence-electron chi connectivity index (χ4n) is 9.89. The second-order valence-electron chi connectivity index (χ2n) is 15.4. The average Bonchev–Trinajstić information content (AvgIpc) is 3.76. The van der Waals surface area contributed by atoms with Crippen molar-refractivity contribution in [3.8, 4) is 11.1 Å². The average molecular weight is 723 g/mol. The van der Waals surface area contributed by atoms with Gasteiger partial charge in [0.05, 0.1) is 34.9 Å². The Morgan fingerprint density at radius 3 is 1.71 bits per heavy atom. The fourth-order valence-corrected chi connectivity index (χ4v) is 9.89. The summed E-state index contributed by atoms with van der Waals surface area (Å²) in [7, 11) is 0. The van der Waals surface area contributed by atoms with E-state index in [9.17, 15) is 0 Å². The highest BCUT2D eigenvalue weighted by Gasteiger charge is 2.46. The summed E-state index contributed by atoms with van der Waals surface area (Å²) in [6.07, 6.45) is 7.87. The Morgan fingerprint density at radius 1 is 0.482 bits per heavy atom. The van der Waals surface area contributed by atoms with Crippen LogP contribution in [0, 0.1) is 5.92 Å². The van der Waals surface area contributed by atoms with Gasteiger partial charge in [-0.3, -0.25) is 16.0 Å². The standard InChI is InChI=1S/C52H42N4/c1-5-18-35(19-6-1)49-53-50(36-20-7-2-8-21-36)55-51(54-49)37-22-17-27-40(32-37)56-47-31-16-14-29-42(47)44-33-43-41-28-13-15-30-45(41)52(46(43)34-48(44)56,38-23-9-3-10-24-38)39-25-11-4-12-26-39/h1-31,33-34,37,49-51,53-55H,32H2. The summed E-state index contributed by atoms with van der Waals surface area (Å²) >= 11 is 0. The molecule has 0 amide bonds. The molecule has 4 nitrogen and oxygen atoms in total. The van der Waals surface area contributed by atoms with E-state index >= 15 is 0 Å². The molecule has 8 aromatic rings. The van der Waals surface area contributed by atoms with Crippen molar-refractivity contribution in [2.75, 3.05) is 0 Å². The molecular formula is C52H42N4. The lowest BCUT2D eigenvalue weighted by Crippen LogP contribution is -2.61. The second kappa shape index (κ2) is 13.5. The van der Waals surface area contributed by atoms with Gasteiger partial charge >= 0.3 is 0 Å². The third-order valence-corrected chi connectivity index (χ3v) is 12.3. The van der Waals surface area contributed by atoms with Crippen LogP contribution in [0.25, 0.3) is 38.6 Å². The molecule has 3 atom stereocenters. The minimum absolute atomic E-state index is 0.00281. The first kappa shape index (κ1) is 33.1. The molecule has 2 heterocycles. The van der Waals surface area contributed by atoms with Gasteiger partial charge in [-0.05, 0) is 75.2 Å². The van der Waals surface area contributed by atoms with Gasteiger partial charge in [-0.25, -0.2) is 0 Å². The van der Waals surface area contributed by atoms with Gasteiger partial charge in [0.1, 0.15) is 0 Å². The summed E-state index contributed by atoms with van der Waals surface area (Å²) < 4.78 is 2.55. The van der Waals surface area contributed by atoms with Gasteiger partial charge in [0, 0.05) is 22.4 Å². The van der Waals surface area contributed by atoms with Gasteiger partial charge in [0.25, 0.3) is 0 Å². The SMILES string of the molecule is C1=CC(C2NC(c3ccccc3)NC(c3ccccc3)N2)CC(n2c3ccccc3c3cc4c(cc32)C(c2ccccc2)(c2ccccc2)c2ccccc2-4)=C1. The third kappa shape index (κ3) is 5.18. The molecule has 56 heavy (non-hydrogen) atoms. The van der Waals surface area contributed by atoms with Crippen molar-refractivity contribution in [2.45, 2.75) is 30.3 Å². The lowest BCUT2D eigenvalue weighted by Gasteiger charge is -2.42. The number of hydrogen-bond acceptors (Lipinski definition) is 3. The highest BCUT2D eigenvalue weighted by atomic mass is 15.4. The first-order valence-corrected chi connectivity index (χ1v) is 19.8. The quantitative estimate of drug-likeness (QED) is 0.160. The number of benzene rings is 7. The molecule has 11 rings (SSSR count). The van der Waals surface area contributed by atoms with E-state index in [1.165, 1.54) is 72.0 Å². The Morgan fingerprint density at radius 2 is 1.05 bits per heavy atom. The van der Waals surface area contributed by atoms with Crippen molar-refractivity contribution in [1.29, 1.82) is 0 Å². The summed E-state index contributed by atoms with van der Waals surface area (Å²) in [5.41, 5.74) is 13.6. The summed E-state index contributed by atoms with van der Waals surface area (Å²) in [5, 5.41) is 14.3. The summed E-state index contributed by atoms with van der Waals surface area (Å²) in [6.45, 7) is 0. The smallest absolute Gasteiger partial charge is 0.0862 e. The molecule has 0 radical (unpaired) electrons. The van der Waals surface area contributed by atoms with Gasteiger partial charge in [-0.1, -0.05) is 176 Å². The van der Waals surface area contributed by atoms with Crippen LogP contribution >= 0.6 is 0 Å². The Hall–Kier alpha value is -6.30. The van der Waals surface area contributed by atoms with E-state index in [2.05, 4.69) is 221 Å². The molecule has 1 aromatic heterocycles. The number of aromatic nitrogens is 1. The van der Waals surface area contributed by atoms with Crippen LogP contribution in [-0.2, 0) is 5.41 Å². The molecule has 1 aliphatic heterocycles. The van der Waals surface area contributed by atoms with Crippen LogP contribution in [0.15, 0.2) is 200 Å². The van der Waals surface area contributed by atoms with Gasteiger partial charge in [0.2, 0.25) is 0 Å². The third-order valence-electron chi connectivity index (χ3n) is 12.3. The highest BCUT2D eigenvalue weighted by Crippen LogP contribution is 2.57. The van der Waals surface area contributed by atoms with Crippen molar-refractivity contribution >= 4 is 27.5 Å². The van der Waals surface area contributed by atoms with Gasteiger partial charge < -0.3 is 4.57 Å². The molecule has 270 valence electrons. The Kier molecular flexibility index (Phi) is 7.95. The lowest BCUT2D eigenvalue weighted by molar-refractivity contribution is 0.171. The van der Waals surface area contributed by atoms with Crippen molar-refractivity contribution in [3.05, 3.63) is 234 Å². The second-order valence-corrected chi connectivity index (χ2v) is 15.4. The summed E-state index contributed by atoms with van der Waals surface area (Å²) in [6, 6.07) is 66.7. The van der Waals surface area contributed by atoms with Crippen molar-refractivity contribution in [1.82, 2.24) is 20.5 Å². The normalized spacial score (nSPS) is 21.1. The maximum Gasteiger partial charge on any atom is 0.0862 e. The zero-order valence-electron chi connectivity index (χ0n) is 31.0. The van der Waals surface area contributed by atoms with Crippen molar-refractivity contribution in [3.63, 3.8) is 0 Å². The Bertz CT molecular complexity index is 2680. The van der Waals surface area contributed by atoms with E-state index in [0.717, 1.165) is 6.42 Å². The monoisotopic (exact) mass is 722 g/mol. The van der Waals surface area contributed by atoms with Crippen LogP contribution in [0.3, 0.4) is 0 Å². The summed E-state index contributed by atoms with van der Waals surface area (Å²) in [4.78, 5) is 0. The van der Waals surface area contributed by atoms with E-state index in [1.807, 2.05) is 0 Å². The molecule has 0 bridgehead atoms. The van der Waals surface area contributed by atoms with Crippen molar-refractivity contribution in [2.24, 2.45) is 5.92 Å². The molecule has 4 heteroatoms. The summed E-state index contributed by atoms with van der Waals surface area (Å²) in [5.74, 6) is 0.206. The molecule has 7 aromatic carbocycles. The topological polar surface area (TPSA) is 41.0 Å². The number of nitrogens with one attached hydrogen (secondary N) is 3. The number of fused-ring (bicyclic) bond motifs is 6. The lowest BCUT2D eigenvalue weighted by atomic mass is 9.67. The number of allylic oxidation sites excluding steroid dienone is 3. The fraction of sp³-hybridized carbons (Fsp3) is 0.115. The molecule has 1 saturated heterocycles. The van der Waals surface area contributed by atoms with Crippen LogP contribution in [0.5, 0.6) is 0 Å². The van der Waals surface area contributed by atoms with Gasteiger partial charge in [0.15, 0.2) is 0 Å². The molecular weight excluding hydrogens is 681 g/mol. The first-order chi connectivity index (χ1) is 27.8. The molecule has 2 aliphatic carbocycles. The number of para-hydroxylation sites is 1. The van der Waals surface area contributed by atoms with Crippen LogP contribution < -0.4 is 16.0 Å². The Labute approximate surface area is 327 Å². The zero-order valence-corrected chi connectivity index (χ0v) is 31.0. The molecule has 3 N–H and O–H groups in total. The molecule has 0 spiro atoms. The van der Waals surface area contributed by atoms with Gasteiger partial charge in [-0.2, -0.15) is 0 Å². The van der Waals surface area contributed by atoms with E-state index < -0.39 is 5.41 Å². The maximum absolute atomic E-state index is 3.96. The zero-order chi connectivity index (χ0) is 37.1. The van der Waals surface area contributed by atoms with Crippen LogP contribution in [0.1, 0.15) is 52.1 Å². The van der Waals surface area contributed by atoms with E-state index in [4.69, 9.17) is 0 Å². The first-order valence-electron chi connectivity index (χ1n) is 19.8. The highest BCUT2D eigenvalue weighted by molar-refractivity contribution is 6.12. The minimum atomic E-state index is -0.463. The predicted octanol–water partition coefficient (Wildman–Crippen LogP) is 11.1. The predicted molar refractivity (Wildman–Crippen MR) is 230 cm³/mol. The largest absolute Gasteiger partial charge is 0.313 e. The number of hydrogen-bond donors (Lipinski definition) is 3. The van der Waals surface area contributed by atoms with Crippen LogP contribution in [-0.4, -0.2) is 10.7 Å². The van der Waals surface area contributed by atoms with E-state index in [1.54, 1.807) is 0 Å². The minimum Gasteiger partial charge on any atom is -0.313 e. The van der Waals surface area contributed by atoms with Crippen LogP contribution in [0.4, 0.5) is 0 Å².